The lowest BCUT2D eigenvalue weighted by atomic mass is 10.0. The molecule has 0 saturated heterocycles. The molecule has 1 amide bonds. The summed E-state index contributed by atoms with van der Waals surface area (Å²) in [5.74, 6) is 6.36. The van der Waals surface area contributed by atoms with Gasteiger partial charge in [-0.05, 0) is 42.4 Å². The van der Waals surface area contributed by atoms with Crippen LogP contribution in [-0.4, -0.2) is 19.0 Å². The van der Waals surface area contributed by atoms with E-state index in [0.29, 0.717) is 23.4 Å². The first kappa shape index (κ1) is 14.6. The second-order valence-corrected chi connectivity index (χ2v) is 6.14. The summed E-state index contributed by atoms with van der Waals surface area (Å²) in [5, 5.41) is 3.03. The average Bonchev–Trinajstić information content (AvgIpc) is 3.02. The highest BCUT2D eigenvalue weighted by atomic mass is 16.1. The standard InChI is InChI=1S/C17H22N2O/c1-12-6-7-13(5-4-8-18)9-15(12)16(20)19-11-14-10-17(14,2)3/h6-7,9,14H,8,10-11,18H2,1-3H3,(H,19,20). The lowest BCUT2D eigenvalue weighted by molar-refractivity contribution is 0.0950. The molecule has 1 aliphatic carbocycles. The number of rotatable bonds is 3. The molecule has 0 aromatic heterocycles. The number of hydrogen-bond acceptors (Lipinski definition) is 2. The number of benzene rings is 1. The Kier molecular flexibility index (Phi) is 4.15. The van der Waals surface area contributed by atoms with Crippen molar-refractivity contribution >= 4 is 5.91 Å². The van der Waals surface area contributed by atoms with Gasteiger partial charge in [0.15, 0.2) is 0 Å². The maximum atomic E-state index is 12.3. The number of nitrogens with one attached hydrogen (secondary N) is 1. The summed E-state index contributed by atoms with van der Waals surface area (Å²) in [6.07, 6.45) is 1.19. The van der Waals surface area contributed by atoms with Crippen LogP contribution < -0.4 is 11.1 Å². The minimum absolute atomic E-state index is 0.0124. The van der Waals surface area contributed by atoms with Gasteiger partial charge >= 0.3 is 0 Å². The van der Waals surface area contributed by atoms with Crippen LogP contribution in [0.1, 0.15) is 41.8 Å². The van der Waals surface area contributed by atoms with Crippen molar-refractivity contribution in [1.82, 2.24) is 5.32 Å². The van der Waals surface area contributed by atoms with E-state index in [0.717, 1.165) is 17.7 Å². The molecule has 1 aliphatic rings. The normalized spacial score (nSPS) is 18.9. The van der Waals surface area contributed by atoms with E-state index in [2.05, 4.69) is 31.0 Å². The quantitative estimate of drug-likeness (QED) is 0.826. The van der Waals surface area contributed by atoms with Crippen molar-refractivity contribution < 1.29 is 4.79 Å². The molecule has 20 heavy (non-hydrogen) atoms. The first-order valence-corrected chi connectivity index (χ1v) is 7.02. The Morgan fingerprint density at radius 2 is 2.20 bits per heavy atom. The monoisotopic (exact) mass is 270 g/mol. The molecule has 3 nitrogen and oxygen atoms in total. The highest BCUT2D eigenvalue weighted by Gasteiger charge is 2.45. The van der Waals surface area contributed by atoms with Crippen molar-refractivity contribution in [1.29, 1.82) is 0 Å². The van der Waals surface area contributed by atoms with Gasteiger partial charge in [-0.1, -0.05) is 31.8 Å². The van der Waals surface area contributed by atoms with Crippen LogP contribution in [-0.2, 0) is 0 Å². The number of aryl methyl sites for hydroxylation is 1. The van der Waals surface area contributed by atoms with Crippen LogP contribution in [0.25, 0.3) is 0 Å². The molecule has 1 atom stereocenters. The van der Waals surface area contributed by atoms with E-state index in [9.17, 15) is 4.79 Å². The summed E-state index contributed by atoms with van der Waals surface area (Å²) >= 11 is 0. The zero-order valence-electron chi connectivity index (χ0n) is 12.4. The lowest BCUT2D eigenvalue weighted by Gasteiger charge is -2.09. The third-order valence-corrected chi connectivity index (χ3v) is 4.04. The fourth-order valence-corrected chi connectivity index (χ4v) is 2.33. The average molecular weight is 270 g/mol. The Labute approximate surface area is 120 Å². The SMILES string of the molecule is Cc1ccc(C#CCN)cc1C(=O)NCC1CC1(C)C. The van der Waals surface area contributed by atoms with Crippen molar-refractivity contribution in [3.8, 4) is 11.8 Å². The molecule has 1 aromatic rings. The van der Waals surface area contributed by atoms with Crippen LogP contribution in [0.3, 0.4) is 0 Å². The van der Waals surface area contributed by atoms with Crippen LogP contribution in [0.15, 0.2) is 18.2 Å². The molecule has 3 heteroatoms. The zero-order valence-corrected chi connectivity index (χ0v) is 12.4. The van der Waals surface area contributed by atoms with Crippen LogP contribution in [0, 0.1) is 30.1 Å². The largest absolute Gasteiger partial charge is 0.352 e. The van der Waals surface area contributed by atoms with Crippen LogP contribution in [0.4, 0.5) is 0 Å². The highest BCUT2D eigenvalue weighted by molar-refractivity contribution is 5.96. The number of carbonyl (C=O) groups excluding carboxylic acids is 1. The molecule has 0 bridgehead atoms. The van der Waals surface area contributed by atoms with E-state index in [1.807, 2.05) is 25.1 Å². The van der Waals surface area contributed by atoms with Crippen molar-refractivity contribution in [3.63, 3.8) is 0 Å². The van der Waals surface area contributed by atoms with E-state index < -0.39 is 0 Å². The topological polar surface area (TPSA) is 55.1 Å². The molecule has 106 valence electrons. The van der Waals surface area contributed by atoms with Crippen LogP contribution >= 0.6 is 0 Å². The van der Waals surface area contributed by atoms with E-state index >= 15 is 0 Å². The third kappa shape index (κ3) is 3.40. The Morgan fingerprint density at radius 3 is 2.80 bits per heavy atom. The van der Waals surface area contributed by atoms with E-state index in [4.69, 9.17) is 5.73 Å². The molecule has 2 rings (SSSR count). The molecule has 0 spiro atoms. The molecule has 0 radical (unpaired) electrons. The van der Waals surface area contributed by atoms with Gasteiger partial charge in [0.1, 0.15) is 0 Å². The molecule has 0 aliphatic heterocycles. The molecular weight excluding hydrogens is 248 g/mol. The Hall–Kier alpha value is -1.79. The predicted octanol–water partition coefficient (Wildman–Crippen LogP) is 2.08. The summed E-state index contributed by atoms with van der Waals surface area (Å²) in [6, 6.07) is 5.68. The summed E-state index contributed by atoms with van der Waals surface area (Å²) < 4.78 is 0. The fraction of sp³-hybridized carbons (Fsp3) is 0.471. The molecule has 1 aromatic carbocycles. The van der Waals surface area contributed by atoms with Crippen LogP contribution in [0.2, 0.25) is 0 Å². The van der Waals surface area contributed by atoms with Crippen LogP contribution in [0.5, 0.6) is 0 Å². The third-order valence-electron chi connectivity index (χ3n) is 4.04. The number of amides is 1. The van der Waals surface area contributed by atoms with Gasteiger partial charge in [0.05, 0.1) is 6.54 Å². The highest BCUT2D eigenvalue weighted by Crippen LogP contribution is 2.50. The summed E-state index contributed by atoms with van der Waals surface area (Å²) in [6.45, 7) is 7.49. The Balaban J connectivity index is 2.05. The van der Waals surface area contributed by atoms with Crippen molar-refractivity contribution in [3.05, 3.63) is 34.9 Å². The molecule has 0 heterocycles. The number of hydrogen-bond donors (Lipinski definition) is 2. The maximum absolute atomic E-state index is 12.3. The minimum atomic E-state index is -0.0124. The van der Waals surface area contributed by atoms with E-state index in [1.54, 1.807) is 0 Å². The van der Waals surface area contributed by atoms with Gasteiger partial charge < -0.3 is 11.1 Å². The summed E-state index contributed by atoms with van der Waals surface area (Å²) in [5.41, 5.74) is 8.25. The lowest BCUT2D eigenvalue weighted by Crippen LogP contribution is -2.27. The van der Waals surface area contributed by atoms with Gasteiger partial charge in [-0.2, -0.15) is 0 Å². The molecule has 1 saturated carbocycles. The number of carbonyl (C=O) groups is 1. The Bertz CT molecular complexity index is 578. The summed E-state index contributed by atoms with van der Waals surface area (Å²) in [4.78, 5) is 12.3. The molecule has 1 unspecified atom stereocenters. The first-order valence-electron chi connectivity index (χ1n) is 7.02. The van der Waals surface area contributed by atoms with E-state index in [1.165, 1.54) is 6.42 Å². The van der Waals surface area contributed by atoms with Crippen molar-refractivity contribution in [2.75, 3.05) is 13.1 Å². The van der Waals surface area contributed by atoms with Gasteiger partial charge in [-0.15, -0.1) is 0 Å². The van der Waals surface area contributed by atoms with Gasteiger partial charge in [0, 0.05) is 17.7 Å². The molecule has 3 N–H and O–H groups in total. The number of nitrogens with two attached hydrogens (primary N) is 1. The van der Waals surface area contributed by atoms with E-state index in [-0.39, 0.29) is 5.91 Å². The second kappa shape index (κ2) is 5.68. The molecule has 1 fully saturated rings. The van der Waals surface area contributed by atoms with Gasteiger partial charge in [0.2, 0.25) is 0 Å². The second-order valence-electron chi connectivity index (χ2n) is 6.14. The van der Waals surface area contributed by atoms with Gasteiger partial charge in [0.25, 0.3) is 5.91 Å². The van der Waals surface area contributed by atoms with Crippen molar-refractivity contribution in [2.45, 2.75) is 27.2 Å². The predicted molar refractivity (Wildman–Crippen MR) is 81.3 cm³/mol. The van der Waals surface area contributed by atoms with Gasteiger partial charge in [-0.3, -0.25) is 4.79 Å². The maximum Gasteiger partial charge on any atom is 0.251 e. The fourth-order valence-electron chi connectivity index (χ4n) is 2.33. The summed E-state index contributed by atoms with van der Waals surface area (Å²) in [7, 11) is 0. The molecular formula is C17H22N2O. The van der Waals surface area contributed by atoms with Crippen molar-refractivity contribution in [2.24, 2.45) is 17.1 Å². The minimum Gasteiger partial charge on any atom is -0.352 e. The Morgan fingerprint density at radius 1 is 1.50 bits per heavy atom. The smallest absolute Gasteiger partial charge is 0.251 e. The first-order chi connectivity index (χ1) is 9.44. The zero-order chi connectivity index (χ0) is 14.8. The van der Waals surface area contributed by atoms with Gasteiger partial charge in [-0.25, -0.2) is 0 Å².